The topological polar surface area (TPSA) is 17.1 Å². The molecular weight excluding hydrogens is 352 g/mol. The van der Waals surface area contributed by atoms with Crippen molar-refractivity contribution in [1.29, 1.82) is 0 Å². The van der Waals surface area contributed by atoms with Crippen LogP contribution < -0.4 is 0 Å². The summed E-state index contributed by atoms with van der Waals surface area (Å²) < 4.78 is 0. The van der Waals surface area contributed by atoms with Crippen LogP contribution in [0.15, 0.2) is 48.5 Å². The molecule has 0 aliphatic heterocycles. The maximum atomic E-state index is 11.7. The van der Waals surface area contributed by atoms with Crippen LogP contribution >= 0.6 is 0 Å². The van der Waals surface area contributed by atoms with Gasteiger partial charge in [0.1, 0.15) is 6.29 Å². The lowest BCUT2D eigenvalue weighted by atomic mass is 9.67. The van der Waals surface area contributed by atoms with Gasteiger partial charge in [-0.25, -0.2) is 0 Å². The molecule has 1 fully saturated rings. The van der Waals surface area contributed by atoms with Crippen LogP contribution in [0.4, 0.5) is 0 Å². The number of aldehydes is 1. The fraction of sp³-hybridized carbons (Fsp3) is 0.536. The second kappa shape index (κ2) is 10.8. The van der Waals surface area contributed by atoms with Crippen molar-refractivity contribution in [3.63, 3.8) is 0 Å². The van der Waals surface area contributed by atoms with Crippen molar-refractivity contribution < 1.29 is 4.79 Å². The third-order valence-corrected chi connectivity index (χ3v) is 7.00. The van der Waals surface area contributed by atoms with Gasteiger partial charge in [-0.15, -0.1) is 0 Å². The summed E-state index contributed by atoms with van der Waals surface area (Å²) in [5, 5.41) is 0. The van der Waals surface area contributed by atoms with E-state index >= 15 is 0 Å². The molecule has 0 unspecified atom stereocenters. The molecule has 1 aliphatic carbocycles. The van der Waals surface area contributed by atoms with Crippen molar-refractivity contribution in [1.82, 2.24) is 0 Å². The van der Waals surface area contributed by atoms with Crippen molar-refractivity contribution >= 4 is 6.29 Å². The van der Waals surface area contributed by atoms with E-state index in [1.807, 2.05) is 0 Å². The lowest BCUT2D eigenvalue weighted by molar-refractivity contribution is -0.118. The summed E-state index contributed by atoms with van der Waals surface area (Å²) in [6.07, 6.45) is 14.2. The molecule has 0 N–H and O–H groups in total. The molecule has 1 aliphatic rings. The Labute approximate surface area is 177 Å². The first-order valence-electron chi connectivity index (χ1n) is 11.9. The average molecular weight is 391 g/mol. The van der Waals surface area contributed by atoms with Crippen LogP contribution in [-0.4, -0.2) is 6.29 Å². The van der Waals surface area contributed by atoms with Crippen LogP contribution in [0.1, 0.15) is 95.1 Å². The van der Waals surface area contributed by atoms with E-state index in [-0.39, 0.29) is 5.41 Å². The average Bonchev–Trinajstić information content (AvgIpc) is 2.79. The van der Waals surface area contributed by atoms with Gasteiger partial charge in [0.25, 0.3) is 0 Å². The van der Waals surface area contributed by atoms with Crippen molar-refractivity contribution in [3.05, 3.63) is 59.7 Å². The minimum atomic E-state index is -0.0364. The van der Waals surface area contributed by atoms with E-state index in [2.05, 4.69) is 62.4 Å². The molecule has 0 saturated heterocycles. The molecular formula is C28H38O. The van der Waals surface area contributed by atoms with Gasteiger partial charge in [-0.1, -0.05) is 88.1 Å². The van der Waals surface area contributed by atoms with Crippen LogP contribution in [0.2, 0.25) is 0 Å². The summed E-state index contributed by atoms with van der Waals surface area (Å²) >= 11 is 0. The summed E-state index contributed by atoms with van der Waals surface area (Å²) in [4.78, 5) is 11.7. The Morgan fingerprint density at radius 1 is 0.828 bits per heavy atom. The highest BCUT2D eigenvalue weighted by atomic mass is 16.1. The van der Waals surface area contributed by atoms with Gasteiger partial charge < -0.3 is 4.79 Å². The van der Waals surface area contributed by atoms with Gasteiger partial charge in [-0.05, 0) is 73.1 Å². The van der Waals surface area contributed by atoms with E-state index in [4.69, 9.17) is 0 Å². The summed E-state index contributed by atoms with van der Waals surface area (Å²) in [5.74, 6) is 0.611. The molecule has 2 aromatic rings. The van der Waals surface area contributed by atoms with E-state index in [0.29, 0.717) is 5.92 Å². The van der Waals surface area contributed by atoms with Crippen LogP contribution in [0.25, 0.3) is 11.1 Å². The minimum Gasteiger partial charge on any atom is -0.303 e. The Balaban J connectivity index is 1.58. The largest absolute Gasteiger partial charge is 0.303 e. The molecule has 2 aromatic carbocycles. The second-order valence-corrected chi connectivity index (χ2v) is 9.13. The van der Waals surface area contributed by atoms with Crippen molar-refractivity contribution in [2.75, 3.05) is 0 Å². The van der Waals surface area contributed by atoms with Crippen LogP contribution in [-0.2, 0) is 11.2 Å². The number of benzene rings is 2. The Morgan fingerprint density at radius 3 is 1.97 bits per heavy atom. The number of hydrogen-bond donors (Lipinski definition) is 0. The van der Waals surface area contributed by atoms with Gasteiger partial charge in [-0.3, -0.25) is 0 Å². The molecule has 1 saturated carbocycles. The van der Waals surface area contributed by atoms with Gasteiger partial charge in [0.05, 0.1) is 0 Å². The zero-order chi connectivity index (χ0) is 20.5. The highest BCUT2D eigenvalue weighted by Gasteiger charge is 2.34. The molecule has 0 atom stereocenters. The highest BCUT2D eigenvalue weighted by molar-refractivity contribution is 5.64. The second-order valence-electron chi connectivity index (χ2n) is 9.13. The Morgan fingerprint density at radius 2 is 1.41 bits per heavy atom. The lowest BCUT2D eigenvalue weighted by Gasteiger charge is -2.36. The van der Waals surface area contributed by atoms with Gasteiger partial charge in [0.15, 0.2) is 0 Å². The zero-order valence-electron chi connectivity index (χ0n) is 18.5. The van der Waals surface area contributed by atoms with Gasteiger partial charge >= 0.3 is 0 Å². The molecule has 0 amide bonds. The Bertz CT molecular complexity index is 733. The molecule has 0 bridgehead atoms. The molecule has 0 aromatic heterocycles. The van der Waals surface area contributed by atoms with Crippen molar-refractivity contribution in [2.45, 2.75) is 90.4 Å². The molecule has 1 nitrogen and oxygen atoms in total. The van der Waals surface area contributed by atoms with Crippen LogP contribution in [0.3, 0.4) is 0 Å². The highest BCUT2D eigenvalue weighted by Crippen LogP contribution is 2.44. The lowest BCUT2D eigenvalue weighted by Crippen LogP contribution is -2.28. The minimum absolute atomic E-state index is 0.0364. The number of aryl methyl sites for hydroxylation is 1. The van der Waals surface area contributed by atoms with E-state index in [9.17, 15) is 4.79 Å². The number of carbonyl (C=O) groups excluding carboxylic acids is 1. The van der Waals surface area contributed by atoms with Crippen LogP contribution in [0, 0.1) is 5.41 Å². The molecule has 0 radical (unpaired) electrons. The van der Waals surface area contributed by atoms with Gasteiger partial charge in [0, 0.05) is 5.41 Å². The van der Waals surface area contributed by atoms with E-state index in [1.165, 1.54) is 67.1 Å². The quantitative estimate of drug-likeness (QED) is 0.296. The fourth-order valence-corrected chi connectivity index (χ4v) is 4.87. The van der Waals surface area contributed by atoms with Crippen molar-refractivity contribution in [3.8, 4) is 11.1 Å². The van der Waals surface area contributed by atoms with Crippen molar-refractivity contribution in [2.24, 2.45) is 5.41 Å². The summed E-state index contributed by atoms with van der Waals surface area (Å²) in [7, 11) is 0. The van der Waals surface area contributed by atoms with Gasteiger partial charge in [0.2, 0.25) is 0 Å². The third kappa shape index (κ3) is 5.81. The zero-order valence-corrected chi connectivity index (χ0v) is 18.5. The molecule has 0 heterocycles. The maximum absolute atomic E-state index is 11.7. The summed E-state index contributed by atoms with van der Waals surface area (Å²) in [6.45, 7) is 4.47. The third-order valence-electron chi connectivity index (χ3n) is 7.00. The number of rotatable bonds is 10. The van der Waals surface area contributed by atoms with E-state index < -0.39 is 0 Å². The standard InChI is InChI=1S/C28H38O/c1-3-5-7-8-23-9-11-24(12-10-23)25-13-15-26(16-14-25)27-17-20-28(22-29,21-18-27)19-6-4-2/h9-16,22,27H,3-8,17-21H2,1-2H3. The molecule has 0 spiro atoms. The fourth-order valence-electron chi connectivity index (χ4n) is 4.87. The summed E-state index contributed by atoms with van der Waals surface area (Å²) in [6, 6.07) is 18.3. The number of carbonyl (C=O) groups is 1. The monoisotopic (exact) mass is 390 g/mol. The number of hydrogen-bond acceptors (Lipinski definition) is 1. The predicted molar refractivity (Wildman–Crippen MR) is 124 cm³/mol. The SMILES string of the molecule is CCCCCc1ccc(-c2ccc(C3CCC(C=O)(CCCC)CC3)cc2)cc1. The maximum Gasteiger partial charge on any atom is 0.126 e. The normalized spacial score (nSPS) is 21.8. The summed E-state index contributed by atoms with van der Waals surface area (Å²) in [5.41, 5.74) is 5.46. The first kappa shape index (κ1) is 21.8. The Hall–Kier alpha value is -1.89. The smallest absolute Gasteiger partial charge is 0.126 e. The Kier molecular flexibility index (Phi) is 8.09. The number of unbranched alkanes of at least 4 members (excludes halogenated alkanes) is 3. The molecule has 1 heteroatoms. The molecule has 3 rings (SSSR count). The molecule has 156 valence electrons. The van der Waals surface area contributed by atoms with Gasteiger partial charge in [-0.2, -0.15) is 0 Å². The van der Waals surface area contributed by atoms with Crippen LogP contribution in [0.5, 0.6) is 0 Å². The van der Waals surface area contributed by atoms with E-state index in [1.54, 1.807) is 0 Å². The first-order valence-corrected chi connectivity index (χ1v) is 11.9. The predicted octanol–water partition coefficient (Wildman–Crippen LogP) is 8.12. The first-order chi connectivity index (χ1) is 14.2. The molecule has 29 heavy (non-hydrogen) atoms. The van der Waals surface area contributed by atoms with E-state index in [0.717, 1.165) is 32.1 Å².